The summed E-state index contributed by atoms with van der Waals surface area (Å²) in [7, 11) is 0. The van der Waals surface area contributed by atoms with Crippen LogP contribution in [0, 0.1) is 13.8 Å². The van der Waals surface area contributed by atoms with Crippen LogP contribution < -0.4 is 5.32 Å². The number of carbonyl (C=O) groups excluding carboxylic acids is 1. The Bertz CT molecular complexity index is 468. The Balaban J connectivity index is 2.75. The van der Waals surface area contributed by atoms with Crippen molar-refractivity contribution < 1.29 is 14.7 Å². The Morgan fingerprint density at radius 3 is 2.47 bits per heavy atom. The molecule has 0 aromatic heterocycles. The molecule has 19 heavy (non-hydrogen) atoms. The third-order valence-electron chi connectivity index (χ3n) is 3.22. The Morgan fingerprint density at radius 2 is 1.95 bits per heavy atom. The average molecular weight is 263 g/mol. The van der Waals surface area contributed by atoms with Crippen LogP contribution >= 0.6 is 0 Å². The number of aliphatic carboxylic acids is 1. The van der Waals surface area contributed by atoms with Crippen molar-refractivity contribution in [1.82, 2.24) is 5.32 Å². The zero-order valence-electron chi connectivity index (χ0n) is 11.7. The molecule has 2 N–H and O–H groups in total. The monoisotopic (exact) mass is 263 g/mol. The first-order valence-corrected chi connectivity index (χ1v) is 6.56. The van der Waals surface area contributed by atoms with E-state index in [2.05, 4.69) is 5.32 Å². The maximum atomic E-state index is 12.0. The number of hydrogen-bond acceptors (Lipinski definition) is 2. The summed E-state index contributed by atoms with van der Waals surface area (Å²) in [6.45, 7) is 5.89. The minimum Gasteiger partial charge on any atom is -0.480 e. The van der Waals surface area contributed by atoms with Gasteiger partial charge in [0.05, 0.1) is 0 Å². The molecule has 0 radical (unpaired) electrons. The van der Waals surface area contributed by atoms with E-state index in [9.17, 15) is 9.59 Å². The number of carboxylic acids is 1. The normalized spacial score (nSPS) is 11.9. The van der Waals surface area contributed by atoms with Crippen LogP contribution in [0.2, 0.25) is 0 Å². The van der Waals surface area contributed by atoms with Gasteiger partial charge in [-0.05, 0) is 43.5 Å². The molecule has 1 atom stereocenters. The number of rotatable bonds is 6. The molecule has 4 heteroatoms. The predicted octanol–water partition coefficient (Wildman–Crippen LogP) is 2.68. The van der Waals surface area contributed by atoms with Gasteiger partial charge in [0.2, 0.25) is 0 Å². The second-order valence-electron chi connectivity index (χ2n) is 4.81. The molecule has 0 heterocycles. The highest BCUT2D eigenvalue weighted by atomic mass is 16.4. The number of hydrogen-bond donors (Lipinski definition) is 2. The number of carboxylic acid groups (broad SMARTS) is 1. The average Bonchev–Trinajstić information content (AvgIpc) is 2.37. The quantitative estimate of drug-likeness (QED) is 0.829. The number of benzene rings is 1. The number of unbranched alkanes of at least 4 members (excludes halogenated alkanes) is 1. The minimum atomic E-state index is -0.981. The molecular formula is C15H21NO3. The van der Waals surface area contributed by atoms with E-state index in [1.807, 2.05) is 26.8 Å². The van der Waals surface area contributed by atoms with Crippen LogP contribution in [0.5, 0.6) is 0 Å². The van der Waals surface area contributed by atoms with E-state index < -0.39 is 12.0 Å². The molecule has 0 saturated heterocycles. The van der Waals surface area contributed by atoms with Gasteiger partial charge in [0.25, 0.3) is 5.91 Å². The highest BCUT2D eigenvalue weighted by Crippen LogP contribution is 2.10. The van der Waals surface area contributed by atoms with Crippen molar-refractivity contribution in [3.8, 4) is 0 Å². The maximum Gasteiger partial charge on any atom is 0.326 e. The fraction of sp³-hybridized carbons (Fsp3) is 0.467. The highest BCUT2D eigenvalue weighted by molar-refractivity contribution is 5.96. The molecule has 4 nitrogen and oxygen atoms in total. The van der Waals surface area contributed by atoms with Gasteiger partial charge in [0.15, 0.2) is 0 Å². The Kier molecular flexibility index (Phi) is 5.55. The second kappa shape index (κ2) is 6.92. The lowest BCUT2D eigenvalue weighted by atomic mass is 10.0. The van der Waals surface area contributed by atoms with Crippen molar-refractivity contribution in [3.05, 3.63) is 34.9 Å². The van der Waals surface area contributed by atoms with Crippen molar-refractivity contribution in [2.45, 2.75) is 46.1 Å². The Hall–Kier alpha value is -1.84. The topological polar surface area (TPSA) is 66.4 Å². The smallest absolute Gasteiger partial charge is 0.326 e. The lowest BCUT2D eigenvalue weighted by Crippen LogP contribution is -2.40. The van der Waals surface area contributed by atoms with Gasteiger partial charge >= 0.3 is 5.97 Å². The highest BCUT2D eigenvalue weighted by Gasteiger charge is 2.20. The summed E-state index contributed by atoms with van der Waals surface area (Å²) in [5.41, 5.74) is 2.64. The summed E-state index contributed by atoms with van der Waals surface area (Å²) in [5, 5.41) is 11.7. The summed E-state index contributed by atoms with van der Waals surface area (Å²) in [6, 6.07) is 4.56. The molecule has 104 valence electrons. The van der Waals surface area contributed by atoms with E-state index in [1.54, 1.807) is 12.1 Å². The van der Waals surface area contributed by atoms with E-state index in [4.69, 9.17) is 5.11 Å². The van der Waals surface area contributed by atoms with Gasteiger partial charge in [-0.3, -0.25) is 4.79 Å². The Labute approximate surface area is 113 Å². The zero-order chi connectivity index (χ0) is 14.4. The van der Waals surface area contributed by atoms with Crippen LogP contribution in [0.3, 0.4) is 0 Å². The molecule has 0 bridgehead atoms. The third kappa shape index (κ3) is 4.39. The zero-order valence-corrected chi connectivity index (χ0v) is 11.7. The third-order valence-corrected chi connectivity index (χ3v) is 3.22. The summed E-state index contributed by atoms with van der Waals surface area (Å²) >= 11 is 0. The Morgan fingerprint density at radius 1 is 1.26 bits per heavy atom. The molecule has 1 amide bonds. The number of aryl methyl sites for hydroxylation is 2. The largest absolute Gasteiger partial charge is 0.480 e. The van der Waals surface area contributed by atoms with Gasteiger partial charge in [0.1, 0.15) is 6.04 Å². The first-order valence-electron chi connectivity index (χ1n) is 6.56. The molecular weight excluding hydrogens is 242 g/mol. The van der Waals surface area contributed by atoms with Crippen molar-refractivity contribution in [1.29, 1.82) is 0 Å². The van der Waals surface area contributed by atoms with Gasteiger partial charge in [-0.15, -0.1) is 0 Å². The lowest BCUT2D eigenvalue weighted by Gasteiger charge is -2.14. The first kappa shape index (κ1) is 15.2. The molecule has 0 saturated carbocycles. The number of carbonyl (C=O) groups is 2. The van der Waals surface area contributed by atoms with Gasteiger partial charge in [-0.1, -0.05) is 25.8 Å². The van der Waals surface area contributed by atoms with E-state index >= 15 is 0 Å². The van der Waals surface area contributed by atoms with Crippen LogP contribution in [-0.2, 0) is 4.79 Å². The van der Waals surface area contributed by atoms with Crippen molar-refractivity contribution in [2.75, 3.05) is 0 Å². The fourth-order valence-electron chi connectivity index (χ4n) is 1.79. The van der Waals surface area contributed by atoms with E-state index in [-0.39, 0.29) is 5.91 Å². The van der Waals surface area contributed by atoms with E-state index in [1.165, 1.54) is 0 Å². The van der Waals surface area contributed by atoms with Gasteiger partial charge in [-0.25, -0.2) is 4.79 Å². The molecule has 1 aromatic carbocycles. The summed E-state index contributed by atoms with van der Waals surface area (Å²) in [5.74, 6) is -1.31. The first-order chi connectivity index (χ1) is 8.95. The number of amides is 1. The van der Waals surface area contributed by atoms with E-state index in [0.717, 1.165) is 24.0 Å². The molecule has 0 fully saturated rings. The molecule has 0 spiro atoms. The van der Waals surface area contributed by atoms with Crippen LogP contribution in [0.25, 0.3) is 0 Å². The van der Waals surface area contributed by atoms with Crippen LogP contribution in [0.1, 0.15) is 47.7 Å². The maximum absolute atomic E-state index is 12.0. The molecule has 0 aliphatic heterocycles. The van der Waals surface area contributed by atoms with Crippen LogP contribution in [-0.4, -0.2) is 23.0 Å². The minimum absolute atomic E-state index is 0.327. The molecule has 1 rings (SSSR count). The van der Waals surface area contributed by atoms with Crippen molar-refractivity contribution in [3.63, 3.8) is 0 Å². The predicted molar refractivity (Wildman–Crippen MR) is 74.3 cm³/mol. The van der Waals surface area contributed by atoms with Crippen LogP contribution in [0.15, 0.2) is 18.2 Å². The second-order valence-corrected chi connectivity index (χ2v) is 4.81. The van der Waals surface area contributed by atoms with Crippen molar-refractivity contribution in [2.24, 2.45) is 0 Å². The number of nitrogens with one attached hydrogen (secondary N) is 1. The summed E-state index contributed by atoms with van der Waals surface area (Å²) in [6.07, 6.45) is 2.15. The molecule has 0 unspecified atom stereocenters. The molecule has 1 aromatic rings. The SMILES string of the molecule is CCCC[C@H](NC(=O)c1ccc(C)c(C)c1)C(=O)O. The fourth-order valence-corrected chi connectivity index (χ4v) is 1.79. The lowest BCUT2D eigenvalue weighted by molar-refractivity contribution is -0.139. The van der Waals surface area contributed by atoms with Crippen LogP contribution in [0.4, 0.5) is 0 Å². The van der Waals surface area contributed by atoms with Gasteiger partial charge < -0.3 is 10.4 Å². The van der Waals surface area contributed by atoms with Crippen molar-refractivity contribution >= 4 is 11.9 Å². The molecule has 0 aliphatic rings. The van der Waals surface area contributed by atoms with Gasteiger partial charge in [0, 0.05) is 5.56 Å². The van der Waals surface area contributed by atoms with E-state index in [0.29, 0.717) is 12.0 Å². The summed E-state index contributed by atoms with van der Waals surface area (Å²) < 4.78 is 0. The standard InChI is InChI=1S/C15H21NO3/c1-4-5-6-13(15(18)19)16-14(17)12-8-7-10(2)11(3)9-12/h7-9,13H,4-6H2,1-3H3,(H,16,17)(H,18,19)/t13-/m0/s1. The van der Waals surface area contributed by atoms with Gasteiger partial charge in [-0.2, -0.15) is 0 Å². The molecule has 0 aliphatic carbocycles. The summed E-state index contributed by atoms with van der Waals surface area (Å²) in [4.78, 5) is 23.1.